The molecule has 18 heavy (non-hydrogen) atoms. The maximum Gasteiger partial charge on any atom is 0.0708 e. The van der Waals surface area contributed by atoms with Crippen molar-refractivity contribution in [2.75, 3.05) is 24.6 Å². The Hall–Kier alpha value is 1.53. The van der Waals surface area contributed by atoms with E-state index < -0.39 is 7.26 Å². The van der Waals surface area contributed by atoms with Crippen molar-refractivity contribution in [1.29, 1.82) is 0 Å². The molecule has 1 radical (unpaired) electrons. The van der Waals surface area contributed by atoms with Gasteiger partial charge in [-0.15, -0.1) is 0 Å². The molecule has 1 atom stereocenters. The molecule has 0 bridgehead atoms. The Labute approximate surface area is 144 Å². The fourth-order valence-electron chi connectivity index (χ4n) is 2.43. The van der Waals surface area contributed by atoms with Gasteiger partial charge in [-0.1, -0.05) is 53.4 Å². The number of rotatable bonds is 12. The Balaban J connectivity index is 0. The molecular formula is C16H36PY+. The molecule has 0 amide bonds. The molecule has 0 rings (SSSR count). The average Bonchev–Trinajstić information content (AvgIpc) is 2.38. The maximum absolute atomic E-state index is 8.66. The van der Waals surface area contributed by atoms with E-state index in [1.165, 1.54) is 63.4 Å². The van der Waals surface area contributed by atoms with E-state index in [2.05, 4.69) is 27.7 Å². The van der Waals surface area contributed by atoms with E-state index in [0.29, 0.717) is 0 Å². The van der Waals surface area contributed by atoms with E-state index in [0.717, 1.165) is 6.42 Å². The molecule has 0 N–H and O–H groups in total. The first-order valence-electron chi connectivity index (χ1n) is 8.52. The Bertz CT molecular complexity index is 166. The van der Waals surface area contributed by atoms with Gasteiger partial charge in [-0.05, 0) is 25.7 Å². The summed E-state index contributed by atoms with van der Waals surface area (Å²) >= 11 is 0. The van der Waals surface area contributed by atoms with Crippen LogP contribution in [0.5, 0.6) is 0 Å². The summed E-state index contributed by atoms with van der Waals surface area (Å²) in [5.74, 6) is 0. The van der Waals surface area contributed by atoms with E-state index in [9.17, 15) is 0 Å². The molecule has 0 fully saturated rings. The van der Waals surface area contributed by atoms with Crippen molar-refractivity contribution < 1.29 is 34.1 Å². The van der Waals surface area contributed by atoms with Gasteiger partial charge in [0.25, 0.3) is 0 Å². The molecule has 1 unspecified atom stereocenters. The van der Waals surface area contributed by atoms with E-state index in [1.807, 2.05) is 0 Å². The van der Waals surface area contributed by atoms with Crippen LogP contribution in [0.25, 0.3) is 0 Å². The SMILES string of the molecule is [2H]C(CCC)[P+](CCCC)(CCCC)CCCC.[Y]. The molecule has 2 heteroatoms. The van der Waals surface area contributed by atoms with Gasteiger partial charge < -0.3 is 0 Å². The standard InChI is InChI=1S/C16H36P.Y/c1-5-9-13-17(14-10-6-2,15-11-7-3)16-12-8-4;/h5-16H2,1-4H3;/q+1;/i13D;. The molecule has 0 aliphatic carbocycles. The third kappa shape index (κ3) is 10.3. The Morgan fingerprint density at radius 1 is 0.667 bits per heavy atom. The zero-order chi connectivity index (χ0) is 13.9. The molecule has 0 heterocycles. The molecule has 0 aromatic rings. The monoisotopic (exact) mass is 349 g/mol. The van der Waals surface area contributed by atoms with Crippen molar-refractivity contribution >= 4 is 7.26 Å². The molecule has 0 nitrogen and oxygen atoms in total. The third-order valence-corrected chi connectivity index (χ3v) is 8.33. The van der Waals surface area contributed by atoms with Gasteiger partial charge in [0, 0.05) is 40.0 Å². The van der Waals surface area contributed by atoms with Crippen LogP contribution in [0.4, 0.5) is 0 Å². The average molecular weight is 349 g/mol. The Kier molecular flexibility index (Phi) is 16.2. The van der Waals surface area contributed by atoms with Crippen molar-refractivity contribution in [2.24, 2.45) is 0 Å². The molecule has 0 aliphatic heterocycles. The van der Waals surface area contributed by atoms with Gasteiger partial charge in [0.2, 0.25) is 0 Å². The van der Waals surface area contributed by atoms with Crippen LogP contribution in [0, 0.1) is 0 Å². The predicted octanol–water partition coefficient (Wildman–Crippen LogP) is 6.20. The molecule has 0 spiro atoms. The first kappa shape index (κ1) is 19.5. The van der Waals surface area contributed by atoms with Gasteiger partial charge in [0.1, 0.15) is 0 Å². The van der Waals surface area contributed by atoms with Crippen LogP contribution in [0.3, 0.4) is 0 Å². The summed E-state index contributed by atoms with van der Waals surface area (Å²) in [5, 5.41) is 0. The summed E-state index contributed by atoms with van der Waals surface area (Å²) in [6.45, 7) is 9.14. The van der Waals surface area contributed by atoms with Crippen molar-refractivity contribution in [2.45, 2.75) is 79.1 Å². The van der Waals surface area contributed by atoms with Crippen LogP contribution >= 0.6 is 7.26 Å². The van der Waals surface area contributed by atoms with Gasteiger partial charge >= 0.3 is 0 Å². The first-order chi connectivity index (χ1) is 8.66. The second kappa shape index (κ2) is 14.9. The molecule has 0 saturated heterocycles. The number of hydrogen-bond donors (Lipinski definition) is 0. The van der Waals surface area contributed by atoms with E-state index in [1.54, 1.807) is 0 Å². The van der Waals surface area contributed by atoms with Gasteiger partial charge in [-0.3, -0.25) is 0 Å². The molecule has 0 aromatic carbocycles. The van der Waals surface area contributed by atoms with Gasteiger partial charge in [-0.25, -0.2) is 0 Å². The minimum Gasteiger partial charge on any atom is -0.0652 e. The predicted molar refractivity (Wildman–Crippen MR) is 86.0 cm³/mol. The molecule has 0 saturated carbocycles. The van der Waals surface area contributed by atoms with Gasteiger partial charge in [0.15, 0.2) is 0 Å². The largest absolute Gasteiger partial charge is 0.0708 e. The molecule has 107 valence electrons. The zero-order valence-corrected chi connectivity index (χ0v) is 17.1. The van der Waals surface area contributed by atoms with E-state index in [4.69, 9.17) is 1.37 Å². The van der Waals surface area contributed by atoms with Crippen molar-refractivity contribution in [3.8, 4) is 0 Å². The van der Waals surface area contributed by atoms with E-state index >= 15 is 0 Å². The minimum absolute atomic E-state index is 0. The maximum atomic E-state index is 8.66. The number of unbranched alkanes of at least 4 members (excludes halogenated alkanes) is 3. The Morgan fingerprint density at radius 2 is 1.00 bits per heavy atom. The van der Waals surface area contributed by atoms with Crippen molar-refractivity contribution in [1.82, 2.24) is 0 Å². The summed E-state index contributed by atoms with van der Waals surface area (Å²) in [7, 11) is -0.987. The smallest absolute Gasteiger partial charge is 0.0652 e. The second-order valence-corrected chi connectivity index (χ2v) is 9.57. The van der Waals surface area contributed by atoms with Gasteiger partial charge in [0.05, 0.1) is 26.0 Å². The van der Waals surface area contributed by atoms with Crippen LogP contribution in [-0.4, -0.2) is 24.6 Å². The fourth-order valence-corrected chi connectivity index (χ4v) is 7.29. The topological polar surface area (TPSA) is 0 Å². The second-order valence-electron chi connectivity index (χ2n) is 5.42. The minimum atomic E-state index is -0.987. The van der Waals surface area contributed by atoms with Crippen molar-refractivity contribution in [3.05, 3.63) is 0 Å². The van der Waals surface area contributed by atoms with Crippen LogP contribution in [0.15, 0.2) is 0 Å². The van der Waals surface area contributed by atoms with Crippen LogP contribution in [0.2, 0.25) is 0 Å². The third-order valence-electron chi connectivity index (χ3n) is 3.68. The van der Waals surface area contributed by atoms with Crippen molar-refractivity contribution in [3.63, 3.8) is 0 Å². The summed E-state index contributed by atoms with van der Waals surface area (Å²) in [6.07, 6.45) is 14.8. The quantitative estimate of drug-likeness (QED) is 0.368. The summed E-state index contributed by atoms with van der Waals surface area (Å²) < 4.78 is 8.66. The Morgan fingerprint density at radius 3 is 1.28 bits per heavy atom. The van der Waals surface area contributed by atoms with Gasteiger partial charge in [-0.2, -0.15) is 0 Å². The van der Waals surface area contributed by atoms with E-state index in [-0.39, 0.29) is 38.8 Å². The molecule has 0 aromatic heterocycles. The zero-order valence-electron chi connectivity index (χ0n) is 14.4. The van der Waals surface area contributed by atoms with Crippen LogP contribution in [0.1, 0.15) is 80.4 Å². The van der Waals surface area contributed by atoms with Crippen LogP contribution < -0.4 is 0 Å². The summed E-state index contributed by atoms with van der Waals surface area (Å²) in [4.78, 5) is 0. The molecule has 0 aliphatic rings. The summed E-state index contributed by atoms with van der Waals surface area (Å²) in [5.41, 5.74) is 0. The normalized spacial score (nSPS) is 13.9. The van der Waals surface area contributed by atoms with Crippen LogP contribution in [-0.2, 0) is 32.7 Å². The molecular weight excluding hydrogens is 312 g/mol. The fraction of sp³-hybridized carbons (Fsp3) is 1.00. The number of hydrogen-bond acceptors (Lipinski definition) is 0. The first-order valence-corrected chi connectivity index (χ1v) is 10.4. The summed E-state index contributed by atoms with van der Waals surface area (Å²) in [6, 6.07) is 0.